The Labute approximate surface area is 179 Å². The summed E-state index contributed by atoms with van der Waals surface area (Å²) >= 11 is 0. The van der Waals surface area contributed by atoms with Gasteiger partial charge < -0.3 is 49.6 Å². The van der Waals surface area contributed by atoms with Crippen molar-refractivity contribution in [2.24, 2.45) is 0 Å². The molecule has 1 aliphatic rings. The molecular formula is C21H20O11. The maximum absolute atomic E-state index is 12.6. The molecule has 0 radical (unpaired) electrons. The summed E-state index contributed by atoms with van der Waals surface area (Å²) in [6.07, 6.45) is -6.75. The van der Waals surface area contributed by atoms with Gasteiger partial charge in [0.15, 0.2) is 17.3 Å². The third kappa shape index (κ3) is 3.56. The SMILES string of the molecule is CC1OC(Oc2cc(O)c3c(=O)c(O)c(-c4ccc(O)c(O)c4)oc3c2)C(O)C(O)C1O. The van der Waals surface area contributed by atoms with Crippen LogP contribution in [0.1, 0.15) is 6.92 Å². The van der Waals surface area contributed by atoms with Gasteiger partial charge in [-0.2, -0.15) is 0 Å². The molecule has 7 N–H and O–H groups in total. The van der Waals surface area contributed by atoms with Crippen LogP contribution in [0.2, 0.25) is 0 Å². The third-order valence-corrected chi connectivity index (χ3v) is 5.22. The first-order valence-electron chi connectivity index (χ1n) is 9.50. The Balaban J connectivity index is 1.78. The molecule has 0 bridgehead atoms. The van der Waals surface area contributed by atoms with Crippen LogP contribution in [-0.4, -0.2) is 66.5 Å². The molecule has 32 heavy (non-hydrogen) atoms. The predicted octanol–water partition coefficient (Wildman–Crippen LogP) is 0.489. The van der Waals surface area contributed by atoms with E-state index in [1.807, 2.05) is 0 Å². The zero-order valence-corrected chi connectivity index (χ0v) is 16.5. The van der Waals surface area contributed by atoms with Gasteiger partial charge in [-0.1, -0.05) is 0 Å². The van der Waals surface area contributed by atoms with E-state index >= 15 is 0 Å². The van der Waals surface area contributed by atoms with Gasteiger partial charge in [0.25, 0.3) is 0 Å². The van der Waals surface area contributed by atoms with Gasteiger partial charge in [-0.3, -0.25) is 4.79 Å². The second-order valence-electron chi connectivity index (χ2n) is 7.43. The minimum atomic E-state index is -1.61. The average molecular weight is 448 g/mol. The lowest BCUT2D eigenvalue weighted by molar-refractivity contribution is -0.268. The van der Waals surface area contributed by atoms with Crippen LogP contribution < -0.4 is 10.2 Å². The van der Waals surface area contributed by atoms with Gasteiger partial charge in [-0.15, -0.1) is 0 Å². The Hall–Kier alpha value is -3.51. The van der Waals surface area contributed by atoms with Crippen LogP contribution in [0.4, 0.5) is 0 Å². The number of aliphatic hydroxyl groups excluding tert-OH is 3. The summed E-state index contributed by atoms with van der Waals surface area (Å²) in [4.78, 5) is 12.6. The smallest absolute Gasteiger partial charge is 0.238 e. The van der Waals surface area contributed by atoms with E-state index in [0.29, 0.717) is 0 Å². The summed E-state index contributed by atoms with van der Waals surface area (Å²) in [5, 5.41) is 69.3. The average Bonchev–Trinajstić information content (AvgIpc) is 2.74. The molecule has 5 atom stereocenters. The highest BCUT2D eigenvalue weighted by Crippen LogP contribution is 2.38. The summed E-state index contributed by atoms with van der Waals surface area (Å²) in [5.41, 5.74) is -1.09. The molecule has 0 aliphatic carbocycles. The highest BCUT2D eigenvalue weighted by atomic mass is 16.7. The Morgan fingerprint density at radius 1 is 0.875 bits per heavy atom. The maximum Gasteiger partial charge on any atom is 0.238 e. The van der Waals surface area contributed by atoms with Crippen LogP contribution in [-0.2, 0) is 4.74 Å². The molecule has 0 saturated carbocycles. The molecule has 4 rings (SSSR count). The summed E-state index contributed by atoms with van der Waals surface area (Å²) < 4.78 is 16.4. The number of aromatic hydroxyl groups is 4. The van der Waals surface area contributed by atoms with Gasteiger partial charge >= 0.3 is 0 Å². The zero-order chi connectivity index (χ0) is 23.3. The number of rotatable bonds is 3. The maximum atomic E-state index is 12.6. The predicted molar refractivity (Wildman–Crippen MR) is 108 cm³/mol. The van der Waals surface area contributed by atoms with E-state index in [2.05, 4.69) is 0 Å². The number of phenols is 3. The van der Waals surface area contributed by atoms with Gasteiger partial charge in [0.1, 0.15) is 40.8 Å². The molecule has 11 heteroatoms. The number of fused-ring (bicyclic) bond motifs is 1. The first-order chi connectivity index (χ1) is 15.1. The number of hydrogen-bond donors (Lipinski definition) is 7. The molecule has 5 unspecified atom stereocenters. The number of phenolic OH excluding ortho intramolecular Hbond substituents is 3. The van der Waals surface area contributed by atoms with Crippen molar-refractivity contribution in [3.8, 4) is 40.1 Å². The first-order valence-corrected chi connectivity index (χ1v) is 9.50. The van der Waals surface area contributed by atoms with E-state index in [9.17, 15) is 40.5 Å². The van der Waals surface area contributed by atoms with Crippen molar-refractivity contribution in [1.29, 1.82) is 0 Å². The number of hydrogen-bond acceptors (Lipinski definition) is 11. The largest absolute Gasteiger partial charge is 0.507 e. The van der Waals surface area contributed by atoms with E-state index in [1.54, 1.807) is 0 Å². The highest BCUT2D eigenvalue weighted by molar-refractivity contribution is 5.88. The van der Waals surface area contributed by atoms with Crippen molar-refractivity contribution < 1.29 is 49.6 Å². The molecular weight excluding hydrogens is 428 g/mol. The first kappa shape index (κ1) is 21.7. The van der Waals surface area contributed by atoms with Crippen LogP contribution >= 0.6 is 0 Å². The highest BCUT2D eigenvalue weighted by Gasteiger charge is 2.43. The topological polar surface area (TPSA) is 190 Å². The molecule has 11 nitrogen and oxygen atoms in total. The monoisotopic (exact) mass is 448 g/mol. The lowest BCUT2D eigenvalue weighted by Crippen LogP contribution is -2.58. The molecule has 0 spiro atoms. The third-order valence-electron chi connectivity index (χ3n) is 5.22. The number of aliphatic hydroxyl groups is 3. The van der Waals surface area contributed by atoms with Gasteiger partial charge in [-0.05, 0) is 25.1 Å². The Kier molecular flexibility index (Phi) is 5.34. The normalized spacial score (nSPS) is 25.7. The number of benzene rings is 2. The summed E-state index contributed by atoms with van der Waals surface area (Å²) in [7, 11) is 0. The molecule has 1 aromatic heterocycles. The quantitative estimate of drug-likeness (QED) is 0.276. The molecule has 1 fully saturated rings. The lowest BCUT2D eigenvalue weighted by atomic mass is 10.00. The Morgan fingerprint density at radius 2 is 1.59 bits per heavy atom. The van der Waals surface area contributed by atoms with Gasteiger partial charge in [0.05, 0.1) is 6.10 Å². The van der Waals surface area contributed by atoms with Crippen LogP contribution in [0.25, 0.3) is 22.3 Å². The fourth-order valence-corrected chi connectivity index (χ4v) is 3.44. The van der Waals surface area contributed by atoms with E-state index in [1.165, 1.54) is 19.1 Å². The summed E-state index contributed by atoms with van der Waals surface area (Å²) in [6.45, 7) is 1.47. The molecule has 1 saturated heterocycles. The minimum absolute atomic E-state index is 0.0691. The van der Waals surface area contributed by atoms with Crippen LogP contribution in [0, 0.1) is 0 Å². The van der Waals surface area contributed by atoms with Gasteiger partial charge in [-0.25, -0.2) is 0 Å². The molecule has 2 heterocycles. The Bertz CT molecular complexity index is 1230. The van der Waals surface area contributed by atoms with Crippen molar-refractivity contribution >= 4 is 11.0 Å². The minimum Gasteiger partial charge on any atom is -0.507 e. The summed E-state index contributed by atoms with van der Waals surface area (Å²) in [6, 6.07) is 5.72. The molecule has 0 amide bonds. The second kappa shape index (κ2) is 7.88. The van der Waals surface area contributed by atoms with Gasteiger partial charge in [0, 0.05) is 17.7 Å². The molecule has 3 aromatic rings. The van der Waals surface area contributed by atoms with Crippen molar-refractivity contribution in [1.82, 2.24) is 0 Å². The Morgan fingerprint density at radius 3 is 2.28 bits per heavy atom. The van der Waals surface area contributed by atoms with Crippen LogP contribution in [0.3, 0.4) is 0 Å². The summed E-state index contributed by atoms with van der Waals surface area (Å²) in [5.74, 6) is -2.80. The molecule has 1 aliphatic heterocycles. The zero-order valence-electron chi connectivity index (χ0n) is 16.5. The van der Waals surface area contributed by atoms with Crippen molar-refractivity contribution in [3.63, 3.8) is 0 Å². The van der Waals surface area contributed by atoms with E-state index in [0.717, 1.165) is 18.2 Å². The van der Waals surface area contributed by atoms with Crippen molar-refractivity contribution in [2.45, 2.75) is 37.6 Å². The van der Waals surface area contributed by atoms with Crippen molar-refractivity contribution in [3.05, 3.63) is 40.6 Å². The van der Waals surface area contributed by atoms with E-state index < -0.39 is 59.1 Å². The van der Waals surface area contributed by atoms with E-state index in [4.69, 9.17) is 13.9 Å². The molecule has 170 valence electrons. The number of ether oxygens (including phenoxy) is 2. The van der Waals surface area contributed by atoms with Crippen LogP contribution in [0.15, 0.2) is 39.5 Å². The second-order valence-corrected chi connectivity index (χ2v) is 7.43. The fraction of sp³-hybridized carbons (Fsp3) is 0.286. The fourth-order valence-electron chi connectivity index (χ4n) is 3.44. The van der Waals surface area contributed by atoms with Crippen LogP contribution in [0.5, 0.6) is 28.7 Å². The van der Waals surface area contributed by atoms with E-state index in [-0.39, 0.29) is 28.0 Å². The standard InChI is InChI=1S/C21H20O11/c1-7-15(25)17(27)19(29)21(30-7)31-9-5-12(24)14-13(6-9)32-20(18(28)16(14)26)8-2-3-10(22)11(23)4-8/h2-7,15,17,19,21-25,27-29H,1H3. The lowest BCUT2D eigenvalue weighted by Gasteiger charge is -2.38. The van der Waals surface area contributed by atoms with Crippen molar-refractivity contribution in [2.75, 3.05) is 0 Å². The molecule has 2 aromatic carbocycles. The van der Waals surface area contributed by atoms with Gasteiger partial charge in [0.2, 0.25) is 17.5 Å².